The lowest BCUT2D eigenvalue weighted by Crippen LogP contribution is -2.16. The Morgan fingerprint density at radius 3 is 2.59 bits per heavy atom. The molecule has 0 bridgehead atoms. The van der Waals surface area contributed by atoms with Crippen molar-refractivity contribution in [2.24, 2.45) is 0 Å². The van der Waals surface area contributed by atoms with Crippen molar-refractivity contribution < 1.29 is 9.53 Å². The normalized spacial score (nSPS) is 10.3. The number of hydrogen-bond acceptors (Lipinski definition) is 8. The Labute approximate surface area is 157 Å². The van der Waals surface area contributed by atoms with Crippen LogP contribution in [0.15, 0.2) is 23.0 Å². The van der Waals surface area contributed by atoms with Crippen molar-refractivity contribution >= 4 is 38.9 Å². The fraction of sp³-hybridized carbons (Fsp3) is 0.111. The highest BCUT2D eigenvalue weighted by Gasteiger charge is 2.21. The smallest absolute Gasteiger partial charge is 0.350 e. The SMILES string of the molecule is CCOC(=O)c1sc2ccc(-c3c(C#N)c(N)[nH]c(=O)c3C#N)cc2c1N. The molecule has 8 nitrogen and oxygen atoms in total. The number of aromatic nitrogens is 1. The van der Waals surface area contributed by atoms with E-state index in [9.17, 15) is 20.1 Å². The second-order valence-corrected chi connectivity index (χ2v) is 6.54. The third-order valence-electron chi connectivity index (χ3n) is 3.94. The minimum absolute atomic E-state index is 0.00934. The Morgan fingerprint density at radius 2 is 1.96 bits per heavy atom. The number of nitrogens with two attached hydrogens (primary N) is 2. The van der Waals surface area contributed by atoms with E-state index >= 15 is 0 Å². The molecular formula is C18H13N5O3S. The predicted molar refractivity (Wildman–Crippen MR) is 102 cm³/mol. The lowest BCUT2D eigenvalue weighted by molar-refractivity contribution is 0.0533. The van der Waals surface area contributed by atoms with E-state index in [2.05, 4.69) is 4.98 Å². The highest BCUT2D eigenvalue weighted by molar-refractivity contribution is 7.21. The summed E-state index contributed by atoms with van der Waals surface area (Å²) in [5.41, 5.74) is 11.7. The molecule has 3 rings (SSSR count). The number of carbonyl (C=O) groups is 1. The van der Waals surface area contributed by atoms with E-state index in [-0.39, 0.29) is 39.7 Å². The van der Waals surface area contributed by atoms with E-state index in [0.717, 1.165) is 4.70 Å². The summed E-state index contributed by atoms with van der Waals surface area (Å²) in [6.07, 6.45) is 0. The van der Waals surface area contributed by atoms with E-state index in [0.29, 0.717) is 10.9 Å². The molecule has 0 spiro atoms. The standard InChI is InChI=1S/C18H13N5O3S/c1-2-26-18(25)15-14(21)9-5-8(3-4-12(9)27-15)13-10(6-19)16(22)23-17(24)11(13)7-20/h3-5H,2,21H2,1H3,(H3,22,23,24). The number of nitriles is 2. The molecule has 0 radical (unpaired) electrons. The topological polar surface area (TPSA) is 159 Å². The summed E-state index contributed by atoms with van der Waals surface area (Å²) in [5, 5.41) is 19.4. The Hall–Kier alpha value is -3.82. The highest BCUT2D eigenvalue weighted by Crippen LogP contribution is 2.38. The van der Waals surface area contributed by atoms with Crippen molar-refractivity contribution in [2.45, 2.75) is 6.92 Å². The number of hydrogen-bond donors (Lipinski definition) is 3. The summed E-state index contributed by atoms with van der Waals surface area (Å²) in [4.78, 5) is 26.7. The number of nitrogen functional groups attached to an aromatic ring is 2. The van der Waals surface area contributed by atoms with Gasteiger partial charge in [0.1, 0.15) is 34.0 Å². The maximum atomic E-state index is 12.1. The molecule has 0 aliphatic carbocycles. The molecular weight excluding hydrogens is 366 g/mol. The first-order valence-corrected chi connectivity index (χ1v) is 8.60. The molecule has 0 atom stereocenters. The average Bonchev–Trinajstić information content (AvgIpc) is 2.97. The number of H-pyrrole nitrogens is 1. The largest absolute Gasteiger partial charge is 0.462 e. The third kappa shape index (κ3) is 2.86. The zero-order valence-corrected chi connectivity index (χ0v) is 14.9. The van der Waals surface area contributed by atoms with Crippen LogP contribution in [-0.4, -0.2) is 17.6 Å². The number of pyridine rings is 1. The van der Waals surface area contributed by atoms with Crippen molar-refractivity contribution in [1.82, 2.24) is 4.98 Å². The van der Waals surface area contributed by atoms with Crippen LogP contribution in [0.2, 0.25) is 0 Å². The number of thiophene rings is 1. The monoisotopic (exact) mass is 379 g/mol. The van der Waals surface area contributed by atoms with E-state index in [1.807, 2.05) is 12.1 Å². The maximum absolute atomic E-state index is 12.1. The minimum Gasteiger partial charge on any atom is -0.462 e. The first-order chi connectivity index (χ1) is 12.9. The van der Waals surface area contributed by atoms with Gasteiger partial charge >= 0.3 is 5.97 Å². The number of anilines is 2. The Morgan fingerprint density at radius 1 is 1.26 bits per heavy atom. The van der Waals surface area contributed by atoms with Gasteiger partial charge in [-0.15, -0.1) is 11.3 Å². The molecule has 27 heavy (non-hydrogen) atoms. The van der Waals surface area contributed by atoms with Gasteiger partial charge in [0.15, 0.2) is 0 Å². The highest BCUT2D eigenvalue weighted by atomic mass is 32.1. The van der Waals surface area contributed by atoms with Crippen molar-refractivity contribution in [3.63, 3.8) is 0 Å². The molecule has 0 saturated carbocycles. The molecule has 5 N–H and O–H groups in total. The number of rotatable bonds is 3. The molecule has 1 aromatic carbocycles. The van der Waals surface area contributed by atoms with Crippen LogP contribution in [0.25, 0.3) is 21.2 Å². The fourth-order valence-electron chi connectivity index (χ4n) is 2.75. The third-order valence-corrected chi connectivity index (χ3v) is 5.11. The van der Waals surface area contributed by atoms with Gasteiger partial charge in [-0.1, -0.05) is 6.07 Å². The van der Waals surface area contributed by atoms with Crippen molar-refractivity contribution in [2.75, 3.05) is 18.1 Å². The molecule has 3 aromatic rings. The van der Waals surface area contributed by atoms with Gasteiger partial charge in [-0.3, -0.25) is 4.79 Å². The Bertz CT molecular complexity index is 1230. The lowest BCUT2D eigenvalue weighted by atomic mass is 9.95. The Kier molecular flexibility index (Phi) is 4.55. The lowest BCUT2D eigenvalue weighted by Gasteiger charge is -2.09. The number of benzene rings is 1. The van der Waals surface area contributed by atoms with E-state index in [1.54, 1.807) is 25.1 Å². The van der Waals surface area contributed by atoms with Gasteiger partial charge in [0.2, 0.25) is 0 Å². The van der Waals surface area contributed by atoms with Crippen LogP contribution in [0.1, 0.15) is 27.7 Å². The number of nitrogens with one attached hydrogen (secondary N) is 1. The second-order valence-electron chi connectivity index (χ2n) is 5.49. The van der Waals surface area contributed by atoms with Crippen molar-refractivity contribution in [3.05, 3.63) is 44.6 Å². The Balaban J connectivity index is 2.31. The fourth-order valence-corrected chi connectivity index (χ4v) is 3.75. The van der Waals surface area contributed by atoms with E-state index < -0.39 is 11.5 Å². The maximum Gasteiger partial charge on any atom is 0.350 e. The van der Waals surface area contributed by atoms with Crippen LogP contribution < -0.4 is 17.0 Å². The quantitative estimate of drug-likeness (QED) is 0.589. The zero-order valence-electron chi connectivity index (χ0n) is 14.1. The average molecular weight is 379 g/mol. The minimum atomic E-state index is -0.686. The first-order valence-electron chi connectivity index (χ1n) is 7.78. The molecule has 0 aliphatic heterocycles. The van der Waals surface area contributed by atoms with Gasteiger partial charge in [0.25, 0.3) is 5.56 Å². The summed E-state index contributed by atoms with van der Waals surface area (Å²) in [6, 6.07) is 8.70. The summed E-state index contributed by atoms with van der Waals surface area (Å²) in [7, 11) is 0. The molecule has 0 amide bonds. The summed E-state index contributed by atoms with van der Waals surface area (Å²) in [5.74, 6) is -0.643. The van der Waals surface area contributed by atoms with Gasteiger partial charge in [-0.2, -0.15) is 10.5 Å². The zero-order chi connectivity index (χ0) is 19.7. The number of esters is 1. The van der Waals surface area contributed by atoms with Crippen LogP contribution >= 0.6 is 11.3 Å². The van der Waals surface area contributed by atoms with Gasteiger partial charge in [0.05, 0.1) is 12.3 Å². The molecule has 2 aromatic heterocycles. The van der Waals surface area contributed by atoms with Crippen molar-refractivity contribution in [1.29, 1.82) is 10.5 Å². The van der Waals surface area contributed by atoms with Crippen LogP contribution in [0.5, 0.6) is 0 Å². The number of fused-ring (bicyclic) bond motifs is 1. The predicted octanol–water partition coefficient (Wildman–Crippen LogP) is 2.34. The molecule has 0 aliphatic rings. The van der Waals surface area contributed by atoms with Gasteiger partial charge in [0, 0.05) is 15.6 Å². The number of ether oxygens (including phenoxy) is 1. The van der Waals surface area contributed by atoms with E-state index in [1.165, 1.54) is 11.3 Å². The number of nitrogens with zero attached hydrogens (tertiary/aromatic N) is 2. The van der Waals surface area contributed by atoms with Crippen molar-refractivity contribution in [3.8, 4) is 23.3 Å². The first kappa shape index (κ1) is 18.0. The molecule has 0 unspecified atom stereocenters. The molecule has 9 heteroatoms. The molecule has 134 valence electrons. The van der Waals surface area contributed by atoms with Gasteiger partial charge in [-0.05, 0) is 24.6 Å². The van der Waals surface area contributed by atoms with Crippen LogP contribution in [-0.2, 0) is 4.74 Å². The molecule has 0 fully saturated rings. The van der Waals surface area contributed by atoms with Crippen LogP contribution in [0.4, 0.5) is 11.5 Å². The number of carbonyl (C=O) groups excluding carboxylic acids is 1. The van der Waals surface area contributed by atoms with Gasteiger partial charge in [-0.25, -0.2) is 4.79 Å². The van der Waals surface area contributed by atoms with Crippen LogP contribution in [0.3, 0.4) is 0 Å². The van der Waals surface area contributed by atoms with E-state index in [4.69, 9.17) is 16.2 Å². The second kappa shape index (κ2) is 6.83. The molecule has 2 heterocycles. The summed E-state index contributed by atoms with van der Waals surface area (Å²) >= 11 is 1.18. The summed E-state index contributed by atoms with van der Waals surface area (Å²) in [6.45, 7) is 1.92. The van der Waals surface area contributed by atoms with Gasteiger partial charge < -0.3 is 21.2 Å². The number of aromatic amines is 1. The summed E-state index contributed by atoms with van der Waals surface area (Å²) < 4.78 is 5.73. The molecule has 0 saturated heterocycles. The van der Waals surface area contributed by atoms with Crippen LogP contribution in [0, 0.1) is 22.7 Å².